The van der Waals surface area contributed by atoms with Crippen LogP contribution in [-0.4, -0.2) is 45.2 Å². The Kier molecular flexibility index (Phi) is 16.9. The molecule has 0 aromatic heterocycles. The Morgan fingerprint density at radius 3 is 1.67 bits per heavy atom. The molecule has 5 aromatic rings. The molecule has 0 bridgehead atoms. The Balaban J connectivity index is 0.000000241. The van der Waals surface area contributed by atoms with E-state index in [4.69, 9.17) is 43.4 Å². The van der Waals surface area contributed by atoms with Crippen LogP contribution in [0.2, 0.25) is 0 Å². The van der Waals surface area contributed by atoms with Crippen molar-refractivity contribution in [1.82, 2.24) is 21.3 Å². The molecular weight excluding hydrogens is 713 g/mol. The molecule has 10 heteroatoms. The molecule has 4 N–H and O–H groups in total. The molecule has 284 valence electrons. The molecule has 0 spiro atoms. The third-order valence-corrected chi connectivity index (χ3v) is 9.27. The standard InChI is InChI=1S/C24H26N2OS.C20H26N2O3S/c1-18-13-14-21(23(15-18)27-2)17-25-24(28)26-22(20-11-7-4-8-12-20)16-19-9-5-3-6-10-19;1-14-5-6-16(19(11-14)25-4)13-22-20(26)21-10-9-15-12-17(23-2)7-8-18(15)24-3/h3-15,22H,16-17H2,1-2H3,(H2,25,26,28);5-8,11-12H,9-10,13H2,1-4H3,(H2,21,22,26). The summed E-state index contributed by atoms with van der Waals surface area (Å²) in [6.45, 7) is 6.01. The zero-order valence-electron chi connectivity index (χ0n) is 32.0. The van der Waals surface area contributed by atoms with Crippen molar-refractivity contribution in [2.75, 3.05) is 35.0 Å². The van der Waals surface area contributed by atoms with Gasteiger partial charge in [0.25, 0.3) is 0 Å². The Labute approximate surface area is 331 Å². The molecule has 8 nitrogen and oxygen atoms in total. The van der Waals surface area contributed by atoms with E-state index in [1.54, 1.807) is 28.4 Å². The fourth-order valence-corrected chi connectivity index (χ4v) is 6.18. The minimum atomic E-state index is 0.100. The normalized spacial score (nSPS) is 10.9. The van der Waals surface area contributed by atoms with Crippen LogP contribution in [0, 0.1) is 13.8 Å². The zero-order chi connectivity index (χ0) is 38.7. The highest BCUT2D eigenvalue weighted by Gasteiger charge is 2.14. The quantitative estimate of drug-likeness (QED) is 0.0784. The summed E-state index contributed by atoms with van der Waals surface area (Å²) in [6, 6.07) is 39.1. The fourth-order valence-electron chi connectivity index (χ4n) is 5.79. The van der Waals surface area contributed by atoms with E-state index in [2.05, 4.69) is 94.9 Å². The van der Waals surface area contributed by atoms with Gasteiger partial charge in [-0.3, -0.25) is 0 Å². The van der Waals surface area contributed by atoms with E-state index in [0.717, 1.165) is 52.5 Å². The number of hydrogen-bond donors (Lipinski definition) is 4. The lowest BCUT2D eigenvalue weighted by atomic mass is 9.99. The van der Waals surface area contributed by atoms with Crippen LogP contribution in [-0.2, 0) is 25.9 Å². The van der Waals surface area contributed by atoms with Gasteiger partial charge in [-0.25, -0.2) is 0 Å². The summed E-state index contributed by atoms with van der Waals surface area (Å²) < 4.78 is 21.6. The van der Waals surface area contributed by atoms with Crippen molar-refractivity contribution in [2.45, 2.75) is 45.8 Å². The maximum absolute atomic E-state index is 5.59. The summed E-state index contributed by atoms with van der Waals surface area (Å²) >= 11 is 11.0. The Bertz CT molecular complexity index is 1930. The van der Waals surface area contributed by atoms with Crippen molar-refractivity contribution >= 4 is 34.7 Å². The van der Waals surface area contributed by atoms with Crippen molar-refractivity contribution in [3.05, 3.63) is 154 Å². The fraction of sp³-hybridized carbons (Fsp3) is 0.273. The van der Waals surface area contributed by atoms with E-state index in [0.29, 0.717) is 29.9 Å². The van der Waals surface area contributed by atoms with Gasteiger partial charge in [0, 0.05) is 30.8 Å². The predicted molar refractivity (Wildman–Crippen MR) is 228 cm³/mol. The summed E-state index contributed by atoms with van der Waals surface area (Å²) in [5, 5.41) is 14.5. The summed E-state index contributed by atoms with van der Waals surface area (Å²) in [6.07, 6.45) is 1.64. The second kappa shape index (κ2) is 22.0. The van der Waals surface area contributed by atoms with Gasteiger partial charge in [0.2, 0.25) is 0 Å². The maximum Gasteiger partial charge on any atom is 0.167 e. The minimum absolute atomic E-state index is 0.100. The smallest absolute Gasteiger partial charge is 0.167 e. The van der Waals surface area contributed by atoms with Gasteiger partial charge in [0.05, 0.1) is 34.5 Å². The van der Waals surface area contributed by atoms with E-state index in [-0.39, 0.29) is 6.04 Å². The molecule has 0 aliphatic rings. The molecule has 5 rings (SSSR count). The number of hydrogen-bond acceptors (Lipinski definition) is 6. The first-order valence-electron chi connectivity index (χ1n) is 17.9. The topological polar surface area (TPSA) is 85.0 Å². The monoisotopic (exact) mass is 764 g/mol. The molecule has 0 saturated carbocycles. The van der Waals surface area contributed by atoms with E-state index >= 15 is 0 Å². The molecular formula is C44H52N4O4S2. The first-order chi connectivity index (χ1) is 26.2. The first kappa shape index (κ1) is 41.4. The van der Waals surface area contributed by atoms with Crippen LogP contribution in [0.25, 0.3) is 0 Å². The van der Waals surface area contributed by atoms with E-state index in [1.807, 2.05) is 55.5 Å². The van der Waals surface area contributed by atoms with E-state index < -0.39 is 0 Å². The first-order valence-corrected chi connectivity index (χ1v) is 18.7. The summed E-state index contributed by atoms with van der Waals surface area (Å²) in [5.41, 5.74) is 8.04. The second-order valence-electron chi connectivity index (χ2n) is 12.6. The third kappa shape index (κ3) is 13.3. The Morgan fingerprint density at radius 1 is 0.556 bits per heavy atom. The van der Waals surface area contributed by atoms with Crippen LogP contribution in [0.3, 0.4) is 0 Å². The van der Waals surface area contributed by atoms with Crippen LogP contribution >= 0.6 is 24.4 Å². The molecule has 1 unspecified atom stereocenters. The summed E-state index contributed by atoms with van der Waals surface area (Å²) in [5.74, 6) is 3.39. The van der Waals surface area contributed by atoms with Gasteiger partial charge in [0.15, 0.2) is 10.2 Å². The highest BCUT2D eigenvalue weighted by Crippen LogP contribution is 2.25. The average Bonchev–Trinajstić information content (AvgIpc) is 3.20. The predicted octanol–water partition coefficient (Wildman–Crippen LogP) is 8.18. The van der Waals surface area contributed by atoms with Crippen LogP contribution in [0.5, 0.6) is 23.0 Å². The lowest BCUT2D eigenvalue weighted by Gasteiger charge is -2.22. The number of thiocarbonyl (C=S) groups is 2. The SMILES string of the molecule is COc1cc(C)ccc1CNC(=S)NC(Cc1ccccc1)c1ccccc1.COc1ccc(OC)c(CCNC(=S)NCc2ccc(C)cc2OC)c1. The number of aryl methyl sites for hydroxylation is 2. The van der Waals surface area contributed by atoms with Crippen molar-refractivity contribution in [1.29, 1.82) is 0 Å². The van der Waals surface area contributed by atoms with E-state index in [1.165, 1.54) is 22.3 Å². The van der Waals surface area contributed by atoms with Crippen molar-refractivity contribution in [2.24, 2.45) is 0 Å². The largest absolute Gasteiger partial charge is 0.497 e. The lowest BCUT2D eigenvalue weighted by Crippen LogP contribution is -2.38. The van der Waals surface area contributed by atoms with Crippen molar-refractivity contribution < 1.29 is 18.9 Å². The third-order valence-electron chi connectivity index (χ3n) is 8.72. The molecule has 54 heavy (non-hydrogen) atoms. The van der Waals surface area contributed by atoms with Gasteiger partial charge in [-0.15, -0.1) is 0 Å². The summed E-state index contributed by atoms with van der Waals surface area (Å²) in [4.78, 5) is 0. The molecule has 0 aliphatic carbocycles. The molecule has 1 atom stereocenters. The molecule has 0 heterocycles. The maximum atomic E-state index is 5.59. The van der Waals surface area contributed by atoms with Crippen molar-refractivity contribution in [3.8, 4) is 23.0 Å². The second-order valence-corrected chi connectivity index (χ2v) is 13.5. The van der Waals surface area contributed by atoms with Gasteiger partial charge >= 0.3 is 0 Å². The van der Waals surface area contributed by atoms with E-state index in [9.17, 15) is 0 Å². The van der Waals surface area contributed by atoms with Gasteiger partial charge in [-0.2, -0.15) is 0 Å². The average molecular weight is 765 g/mol. The number of rotatable bonds is 15. The van der Waals surface area contributed by atoms with Crippen LogP contribution in [0.15, 0.2) is 115 Å². The number of methoxy groups -OCH3 is 4. The molecule has 0 saturated heterocycles. The van der Waals surface area contributed by atoms with Crippen molar-refractivity contribution in [3.63, 3.8) is 0 Å². The number of ether oxygens (including phenoxy) is 4. The molecule has 5 aromatic carbocycles. The van der Waals surface area contributed by atoms with Gasteiger partial charge < -0.3 is 40.2 Å². The number of nitrogens with one attached hydrogen (secondary N) is 4. The van der Waals surface area contributed by atoms with Gasteiger partial charge in [-0.1, -0.05) is 84.9 Å². The molecule has 0 amide bonds. The number of benzene rings is 5. The zero-order valence-corrected chi connectivity index (χ0v) is 33.7. The minimum Gasteiger partial charge on any atom is -0.497 e. The lowest BCUT2D eigenvalue weighted by molar-refractivity contribution is 0.398. The molecule has 0 radical (unpaired) electrons. The molecule has 0 fully saturated rings. The Hall–Kier alpha value is -5.32. The highest BCUT2D eigenvalue weighted by molar-refractivity contribution is 7.80. The highest BCUT2D eigenvalue weighted by atomic mass is 32.1. The van der Waals surface area contributed by atoms with Crippen LogP contribution in [0.4, 0.5) is 0 Å². The van der Waals surface area contributed by atoms with Crippen LogP contribution < -0.4 is 40.2 Å². The Morgan fingerprint density at radius 2 is 1.11 bits per heavy atom. The molecule has 0 aliphatic heterocycles. The summed E-state index contributed by atoms with van der Waals surface area (Å²) in [7, 11) is 6.69. The van der Waals surface area contributed by atoms with Crippen LogP contribution in [0.1, 0.15) is 45.0 Å². The van der Waals surface area contributed by atoms with Gasteiger partial charge in [-0.05, 0) is 109 Å². The van der Waals surface area contributed by atoms with Gasteiger partial charge in [0.1, 0.15) is 23.0 Å².